The summed E-state index contributed by atoms with van der Waals surface area (Å²) in [5, 5.41) is 0. The lowest BCUT2D eigenvalue weighted by Gasteiger charge is -2.43. The highest BCUT2D eigenvalue weighted by Crippen LogP contribution is 2.36. The van der Waals surface area contributed by atoms with Gasteiger partial charge in [-0.1, -0.05) is 6.07 Å². The first-order valence-corrected chi connectivity index (χ1v) is 5.34. The van der Waals surface area contributed by atoms with Gasteiger partial charge in [-0.3, -0.25) is 4.79 Å². The van der Waals surface area contributed by atoms with E-state index < -0.39 is 6.04 Å². The van der Waals surface area contributed by atoms with Gasteiger partial charge in [0, 0.05) is 7.05 Å². The predicted molar refractivity (Wildman–Crippen MR) is 63.0 cm³/mol. The second kappa shape index (κ2) is 4.25. The Bertz CT molecular complexity index is 435. The fourth-order valence-corrected chi connectivity index (χ4v) is 2.13. The first-order chi connectivity index (χ1) is 8.10. The van der Waals surface area contributed by atoms with Crippen molar-refractivity contribution in [2.75, 3.05) is 21.3 Å². The van der Waals surface area contributed by atoms with Crippen LogP contribution in [0.3, 0.4) is 0 Å². The van der Waals surface area contributed by atoms with Crippen LogP contribution in [0.25, 0.3) is 0 Å². The number of likely N-dealkylation sites (N-methyl/N-ethyl adjacent to an activating group) is 1. The Morgan fingerprint density at radius 3 is 2.41 bits per heavy atom. The highest BCUT2D eigenvalue weighted by Gasteiger charge is 2.43. The van der Waals surface area contributed by atoms with E-state index >= 15 is 0 Å². The molecule has 1 aliphatic heterocycles. The summed E-state index contributed by atoms with van der Waals surface area (Å²) in [6.07, 6.45) is 0. The molecule has 5 heteroatoms. The molecule has 0 unspecified atom stereocenters. The van der Waals surface area contributed by atoms with Crippen molar-refractivity contribution in [2.45, 2.75) is 12.1 Å². The Morgan fingerprint density at radius 1 is 1.24 bits per heavy atom. The summed E-state index contributed by atoms with van der Waals surface area (Å²) in [5.74, 6) is 1.27. The van der Waals surface area contributed by atoms with Crippen molar-refractivity contribution in [2.24, 2.45) is 5.73 Å². The molecule has 2 N–H and O–H groups in total. The molecule has 0 radical (unpaired) electrons. The molecule has 1 aromatic carbocycles. The number of rotatable bonds is 3. The van der Waals surface area contributed by atoms with Crippen LogP contribution in [0.15, 0.2) is 18.2 Å². The van der Waals surface area contributed by atoms with Crippen LogP contribution >= 0.6 is 0 Å². The summed E-state index contributed by atoms with van der Waals surface area (Å²) in [6.45, 7) is 0. The van der Waals surface area contributed by atoms with Gasteiger partial charge in [-0.05, 0) is 17.7 Å². The second-order valence-electron chi connectivity index (χ2n) is 4.03. The van der Waals surface area contributed by atoms with E-state index in [-0.39, 0.29) is 11.9 Å². The van der Waals surface area contributed by atoms with E-state index in [0.29, 0.717) is 11.5 Å². The molecule has 17 heavy (non-hydrogen) atoms. The quantitative estimate of drug-likeness (QED) is 0.778. The van der Waals surface area contributed by atoms with E-state index in [4.69, 9.17) is 15.2 Å². The first-order valence-electron chi connectivity index (χ1n) is 5.34. The Balaban J connectivity index is 2.31. The highest BCUT2D eigenvalue weighted by atomic mass is 16.5. The van der Waals surface area contributed by atoms with Gasteiger partial charge in [0.05, 0.1) is 20.3 Å². The van der Waals surface area contributed by atoms with Gasteiger partial charge in [0.15, 0.2) is 11.5 Å². The molecular weight excluding hydrogens is 220 g/mol. The minimum absolute atomic E-state index is 0.0372. The van der Waals surface area contributed by atoms with Crippen LogP contribution in [0, 0.1) is 0 Å². The van der Waals surface area contributed by atoms with Gasteiger partial charge in [0.25, 0.3) is 0 Å². The third kappa shape index (κ3) is 1.72. The number of nitrogens with two attached hydrogens (primary N) is 1. The Morgan fingerprint density at radius 2 is 1.88 bits per heavy atom. The van der Waals surface area contributed by atoms with E-state index in [1.165, 1.54) is 0 Å². The Kier molecular flexibility index (Phi) is 2.93. The summed E-state index contributed by atoms with van der Waals surface area (Å²) >= 11 is 0. The number of methoxy groups -OCH3 is 2. The smallest absolute Gasteiger partial charge is 0.242 e. The maximum atomic E-state index is 11.4. The van der Waals surface area contributed by atoms with Crippen LogP contribution < -0.4 is 15.2 Å². The van der Waals surface area contributed by atoms with Crippen molar-refractivity contribution in [3.63, 3.8) is 0 Å². The molecular formula is C12H16N2O3. The number of benzene rings is 1. The molecule has 0 aromatic heterocycles. The highest BCUT2D eigenvalue weighted by molar-refractivity contribution is 5.89. The summed E-state index contributed by atoms with van der Waals surface area (Å²) in [7, 11) is 4.91. The number of carbonyl (C=O) groups is 1. The van der Waals surface area contributed by atoms with Gasteiger partial charge in [-0.15, -0.1) is 0 Å². The molecule has 0 spiro atoms. The molecule has 1 amide bonds. The number of likely N-dealkylation sites (tertiary alicyclic amines) is 1. The number of carbonyl (C=O) groups excluding carboxylic acids is 1. The van der Waals surface area contributed by atoms with E-state index in [9.17, 15) is 4.79 Å². The zero-order chi connectivity index (χ0) is 12.6. The second-order valence-corrected chi connectivity index (χ2v) is 4.03. The van der Waals surface area contributed by atoms with Gasteiger partial charge in [-0.25, -0.2) is 0 Å². The van der Waals surface area contributed by atoms with Gasteiger partial charge in [0.2, 0.25) is 5.91 Å². The largest absolute Gasteiger partial charge is 0.493 e. The number of nitrogens with zero attached hydrogens (tertiary/aromatic N) is 1. The minimum atomic E-state index is -0.460. The number of hydrogen-bond donors (Lipinski definition) is 1. The third-order valence-electron chi connectivity index (χ3n) is 3.14. The first kappa shape index (κ1) is 11.7. The summed E-state index contributed by atoms with van der Waals surface area (Å²) in [6, 6.07) is 5.03. The number of amides is 1. The molecule has 1 heterocycles. The Hall–Kier alpha value is -1.75. The zero-order valence-electron chi connectivity index (χ0n) is 10.1. The van der Waals surface area contributed by atoms with Crippen molar-refractivity contribution >= 4 is 5.91 Å². The van der Waals surface area contributed by atoms with E-state index in [2.05, 4.69) is 0 Å². The standard InChI is InChI=1S/C12H16N2O3/c1-14-11(10(13)12(14)15)7-4-5-8(16-2)9(6-7)17-3/h4-6,10-11H,13H2,1-3H3/t10-,11-/m0/s1. The average Bonchev–Trinajstić information content (AvgIpc) is 2.38. The minimum Gasteiger partial charge on any atom is -0.493 e. The van der Waals surface area contributed by atoms with Crippen LogP contribution in [0.2, 0.25) is 0 Å². The normalized spacial score (nSPS) is 23.3. The third-order valence-corrected chi connectivity index (χ3v) is 3.14. The molecule has 2 rings (SSSR count). The van der Waals surface area contributed by atoms with Crippen LogP contribution in [-0.4, -0.2) is 38.1 Å². The Labute approximate surface area is 100 Å². The monoisotopic (exact) mass is 236 g/mol. The van der Waals surface area contributed by atoms with E-state index in [0.717, 1.165) is 5.56 Å². The van der Waals surface area contributed by atoms with Crippen LogP contribution in [0.4, 0.5) is 0 Å². The lowest BCUT2D eigenvalue weighted by Crippen LogP contribution is -2.61. The molecule has 1 aromatic rings. The summed E-state index contributed by atoms with van der Waals surface area (Å²) in [4.78, 5) is 13.0. The topological polar surface area (TPSA) is 64.8 Å². The molecule has 0 aliphatic carbocycles. The number of ether oxygens (including phenoxy) is 2. The SMILES string of the molecule is COc1ccc([C@H]2[C@H](N)C(=O)N2C)cc1OC. The van der Waals surface area contributed by atoms with Crippen molar-refractivity contribution in [1.82, 2.24) is 4.90 Å². The number of β-lactam (4-membered cyclic amide) rings is 1. The number of hydrogen-bond acceptors (Lipinski definition) is 4. The zero-order valence-corrected chi connectivity index (χ0v) is 10.1. The lowest BCUT2D eigenvalue weighted by molar-refractivity contribution is -0.147. The van der Waals surface area contributed by atoms with E-state index in [1.54, 1.807) is 26.2 Å². The average molecular weight is 236 g/mol. The maximum Gasteiger partial charge on any atom is 0.242 e. The van der Waals surface area contributed by atoms with Crippen LogP contribution in [0.5, 0.6) is 11.5 Å². The van der Waals surface area contributed by atoms with Crippen molar-refractivity contribution < 1.29 is 14.3 Å². The molecule has 1 aliphatic rings. The summed E-state index contributed by atoms with van der Waals surface area (Å²) in [5.41, 5.74) is 6.74. The predicted octanol–water partition coefficient (Wildman–Crippen LogP) is 0.544. The molecule has 92 valence electrons. The fourth-order valence-electron chi connectivity index (χ4n) is 2.13. The molecule has 0 bridgehead atoms. The molecule has 5 nitrogen and oxygen atoms in total. The molecule has 0 saturated carbocycles. The van der Waals surface area contributed by atoms with Crippen molar-refractivity contribution in [1.29, 1.82) is 0 Å². The molecule has 2 atom stereocenters. The van der Waals surface area contributed by atoms with E-state index in [1.807, 2.05) is 18.2 Å². The lowest BCUT2D eigenvalue weighted by atomic mass is 9.90. The fraction of sp³-hybridized carbons (Fsp3) is 0.417. The van der Waals surface area contributed by atoms with Gasteiger partial charge >= 0.3 is 0 Å². The van der Waals surface area contributed by atoms with Crippen molar-refractivity contribution in [3.8, 4) is 11.5 Å². The molecule has 1 saturated heterocycles. The van der Waals surface area contributed by atoms with Gasteiger partial charge in [0.1, 0.15) is 6.04 Å². The van der Waals surface area contributed by atoms with Gasteiger partial charge < -0.3 is 20.1 Å². The van der Waals surface area contributed by atoms with Crippen LogP contribution in [-0.2, 0) is 4.79 Å². The van der Waals surface area contributed by atoms with Crippen molar-refractivity contribution in [3.05, 3.63) is 23.8 Å². The summed E-state index contributed by atoms with van der Waals surface area (Å²) < 4.78 is 10.4. The maximum absolute atomic E-state index is 11.4. The van der Waals surface area contributed by atoms with Gasteiger partial charge in [-0.2, -0.15) is 0 Å². The molecule has 1 fully saturated rings. The van der Waals surface area contributed by atoms with Crippen LogP contribution in [0.1, 0.15) is 11.6 Å².